The SMILES string of the molecule is CCOC(=O)[C@@]12C[C@H]1/C=C\CCCCNC(=O)[C@@H]1C[C@H](Oc3cc(-c4ccccc4)nc4cc(OC)ccc34)C[C@H]1C(=O)N2. The molecule has 0 radical (unpaired) electrons. The quantitative estimate of drug-likeness (QED) is 0.304. The van der Waals surface area contributed by atoms with E-state index in [1.807, 2.05) is 60.7 Å². The summed E-state index contributed by atoms with van der Waals surface area (Å²) >= 11 is 0. The molecular formula is C35H39N3O6. The van der Waals surface area contributed by atoms with Crippen molar-refractivity contribution in [2.24, 2.45) is 17.8 Å². The van der Waals surface area contributed by atoms with Crippen LogP contribution in [0.3, 0.4) is 0 Å². The maximum Gasteiger partial charge on any atom is 0.332 e. The molecule has 2 amide bonds. The average molecular weight is 598 g/mol. The number of ether oxygens (including phenoxy) is 3. The summed E-state index contributed by atoms with van der Waals surface area (Å²) < 4.78 is 17.5. The minimum absolute atomic E-state index is 0.120. The Morgan fingerprint density at radius 2 is 1.82 bits per heavy atom. The van der Waals surface area contributed by atoms with Gasteiger partial charge in [0, 0.05) is 35.5 Å². The molecule has 230 valence electrons. The van der Waals surface area contributed by atoms with Gasteiger partial charge in [-0.15, -0.1) is 0 Å². The number of rotatable bonds is 6. The smallest absolute Gasteiger partial charge is 0.332 e. The van der Waals surface area contributed by atoms with Gasteiger partial charge in [0.15, 0.2) is 0 Å². The van der Waals surface area contributed by atoms with Gasteiger partial charge in [-0.05, 0) is 57.6 Å². The first-order chi connectivity index (χ1) is 21.4. The van der Waals surface area contributed by atoms with Crippen molar-refractivity contribution in [3.8, 4) is 22.8 Å². The highest BCUT2D eigenvalue weighted by Gasteiger charge is 2.62. The van der Waals surface area contributed by atoms with E-state index in [1.54, 1.807) is 14.0 Å². The molecule has 0 bridgehead atoms. The van der Waals surface area contributed by atoms with Crippen molar-refractivity contribution in [3.63, 3.8) is 0 Å². The molecule has 0 saturated heterocycles. The molecule has 5 atom stereocenters. The van der Waals surface area contributed by atoms with E-state index in [9.17, 15) is 14.4 Å². The minimum Gasteiger partial charge on any atom is -0.497 e. The summed E-state index contributed by atoms with van der Waals surface area (Å²) in [5.41, 5.74) is 1.32. The fraction of sp³-hybridized carbons (Fsp3) is 0.429. The van der Waals surface area contributed by atoms with Crippen molar-refractivity contribution in [2.75, 3.05) is 20.3 Å². The van der Waals surface area contributed by atoms with Crippen LogP contribution in [0.5, 0.6) is 11.5 Å². The number of fused-ring (bicyclic) bond motifs is 3. The van der Waals surface area contributed by atoms with Gasteiger partial charge >= 0.3 is 5.97 Å². The van der Waals surface area contributed by atoms with Gasteiger partial charge in [0.25, 0.3) is 0 Å². The number of nitrogens with one attached hydrogen (secondary N) is 2. The molecule has 1 aromatic heterocycles. The van der Waals surface area contributed by atoms with Crippen LogP contribution in [0.1, 0.15) is 45.4 Å². The lowest BCUT2D eigenvalue weighted by Gasteiger charge is -2.23. The van der Waals surface area contributed by atoms with Gasteiger partial charge in [0.1, 0.15) is 23.1 Å². The Morgan fingerprint density at radius 1 is 1.02 bits per heavy atom. The maximum absolute atomic E-state index is 13.9. The molecule has 0 unspecified atom stereocenters. The second-order valence-corrected chi connectivity index (χ2v) is 11.9. The predicted molar refractivity (Wildman–Crippen MR) is 166 cm³/mol. The molecule has 1 aliphatic heterocycles. The van der Waals surface area contributed by atoms with Gasteiger partial charge in [0.2, 0.25) is 11.8 Å². The largest absolute Gasteiger partial charge is 0.497 e. The summed E-state index contributed by atoms with van der Waals surface area (Å²) in [7, 11) is 1.62. The van der Waals surface area contributed by atoms with Crippen molar-refractivity contribution >= 4 is 28.7 Å². The third kappa shape index (κ3) is 6.00. The number of carbonyl (C=O) groups excluding carboxylic acids is 3. The second kappa shape index (κ2) is 12.7. The monoisotopic (exact) mass is 597 g/mol. The Labute approximate surface area is 257 Å². The highest BCUT2D eigenvalue weighted by molar-refractivity contribution is 5.95. The van der Waals surface area contributed by atoms with E-state index in [1.165, 1.54) is 0 Å². The van der Waals surface area contributed by atoms with Crippen LogP contribution in [0.15, 0.2) is 66.7 Å². The second-order valence-electron chi connectivity index (χ2n) is 11.9. The Morgan fingerprint density at radius 3 is 2.59 bits per heavy atom. The van der Waals surface area contributed by atoms with E-state index in [4.69, 9.17) is 19.2 Å². The highest BCUT2D eigenvalue weighted by Crippen LogP contribution is 2.47. The molecule has 0 spiro atoms. The number of aromatic nitrogens is 1. The summed E-state index contributed by atoms with van der Waals surface area (Å²) in [5, 5.41) is 6.89. The first-order valence-electron chi connectivity index (χ1n) is 15.6. The van der Waals surface area contributed by atoms with Gasteiger partial charge in [-0.1, -0.05) is 42.5 Å². The number of esters is 1. The van der Waals surface area contributed by atoms with Crippen molar-refractivity contribution in [1.82, 2.24) is 15.6 Å². The molecule has 9 heteroatoms. The molecular weight excluding hydrogens is 558 g/mol. The number of methoxy groups -OCH3 is 1. The summed E-state index contributed by atoms with van der Waals surface area (Å²) in [6.45, 7) is 2.54. The third-order valence-electron chi connectivity index (χ3n) is 9.00. The number of allylic oxidation sites excluding steroid dienone is 1. The Hall–Kier alpha value is -4.40. The normalized spacial score (nSPS) is 27.6. The van der Waals surface area contributed by atoms with Crippen LogP contribution in [0.4, 0.5) is 0 Å². The zero-order valence-corrected chi connectivity index (χ0v) is 25.2. The topological polar surface area (TPSA) is 116 Å². The van der Waals surface area contributed by atoms with Crippen LogP contribution in [-0.4, -0.2) is 54.7 Å². The van der Waals surface area contributed by atoms with Crippen LogP contribution in [0.2, 0.25) is 0 Å². The van der Waals surface area contributed by atoms with Crippen LogP contribution < -0.4 is 20.1 Å². The van der Waals surface area contributed by atoms with Gasteiger partial charge in [-0.3, -0.25) is 9.59 Å². The fourth-order valence-corrected chi connectivity index (χ4v) is 6.52. The average Bonchev–Trinajstić information content (AvgIpc) is 3.57. The molecule has 2 heterocycles. The number of benzene rings is 2. The molecule has 9 nitrogen and oxygen atoms in total. The highest BCUT2D eigenvalue weighted by atomic mass is 16.5. The molecule has 2 saturated carbocycles. The van der Waals surface area contributed by atoms with Gasteiger partial charge in [-0.25, -0.2) is 9.78 Å². The number of pyridine rings is 1. The number of nitrogens with zero attached hydrogens (tertiary/aromatic N) is 1. The van der Waals surface area contributed by atoms with Crippen LogP contribution in [0.25, 0.3) is 22.2 Å². The Kier molecular flexibility index (Phi) is 8.55. The van der Waals surface area contributed by atoms with E-state index in [-0.39, 0.29) is 24.3 Å². The van der Waals surface area contributed by atoms with E-state index in [0.29, 0.717) is 37.3 Å². The molecule has 2 aromatic carbocycles. The molecule has 3 aliphatic rings. The summed E-state index contributed by atoms with van der Waals surface area (Å²) in [4.78, 5) is 45.3. The molecule has 6 rings (SSSR count). The number of hydrogen-bond acceptors (Lipinski definition) is 7. The summed E-state index contributed by atoms with van der Waals surface area (Å²) in [6, 6.07) is 17.4. The van der Waals surface area contributed by atoms with E-state index in [2.05, 4.69) is 16.7 Å². The Bertz CT molecular complexity index is 1570. The number of amides is 2. The summed E-state index contributed by atoms with van der Waals surface area (Å²) in [5.74, 6) is -0.939. The lowest BCUT2D eigenvalue weighted by molar-refractivity contribution is -0.150. The van der Waals surface area contributed by atoms with Crippen molar-refractivity contribution in [1.29, 1.82) is 0 Å². The van der Waals surface area contributed by atoms with E-state index in [0.717, 1.165) is 41.4 Å². The van der Waals surface area contributed by atoms with Gasteiger partial charge in [-0.2, -0.15) is 0 Å². The molecule has 2 fully saturated rings. The molecule has 2 N–H and O–H groups in total. The maximum atomic E-state index is 13.9. The van der Waals surface area contributed by atoms with Crippen LogP contribution in [-0.2, 0) is 19.1 Å². The molecule has 3 aromatic rings. The molecule has 44 heavy (non-hydrogen) atoms. The minimum atomic E-state index is -1.08. The van der Waals surface area contributed by atoms with Crippen LogP contribution >= 0.6 is 0 Å². The standard InChI is InChI=1S/C35H39N3O6/c1-3-43-34(41)35-21-23(35)13-9-4-5-10-16-36-32(39)27-17-25(18-28(27)33(40)38-35)44-31-20-29(22-11-7-6-8-12-22)37-30-19-24(42-2)14-15-26(30)31/h6-9,11-15,19-20,23,25,27-28H,3-5,10,16-18,21H2,1-2H3,(H,36,39)(H,38,40)/b13-9-/t23-,25+,27-,28-,35-/m1/s1. The Balaban J connectivity index is 1.30. The zero-order valence-electron chi connectivity index (χ0n) is 25.2. The first kappa shape index (κ1) is 29.7. The number of hydrogen-bond donors (Lipinski definition) is 2. The predicted octanol–water partition coefficient (Wildman–Crippen LogP) is 4.98. The third-order valence-corrected chi connectivity index (χ3v) is 9.00. The van der Waals surface area contributed by atoms with Crippen molar-refractivity contribution in [3.05, 3.63) is 66.7 Å². The van der Waals surface area contributed by atoms with Crippen molar-refractivity contribution < 1.29 is 28.6 Å². The number of carbonyl (C=O) groups is 3. The zero-order chi connectivity index (χ0) is 30.7. The summed E-state index contributed by atoms with van der Waals surface area (Å²) in [6.07, 6.45) is 7.49. The van der Waals surface area contributed by atoms with Crippen molar-refractivity contribution in [2.45, 2.75) is 57.1 Å². The van der Waals surface area contributed by atoms with Crippen LogP contribution in [0, 0.1) is 17.8 Å². The molecule has 2 aliphatic carbocycles. The lowest BCUT2D eigenvalue weighted by Crippen LogP contribution is -2.50. The fourth-order valence-electron chi connectivity index (χ4n) is 6.52. The van der Waals surface area contributed by atoms with E-state index >= 15 is 0 Å². The van der Waals surface area contributed by atoms with Gasteiger partial charge < -0.3 is 24.8 Å². The van der Waals surface area contributed by atoms with E-state index < -0.39 is 29.4 Å². The lowest BCUT2D eigenvalue weighted by atomic mass is 9.93. The first-order valence-corrected chi connectivity index (χ1v) is 15.6. The van der Waals surface area contributed by atoms with Gasteiger partial charge in [0.05, 0.1) is 36.8 Å².